The molecular formula is C11H16N4O3. The average molecular weight is 252 g/mol. The molecule has 8 N–H and O–H groups in total. The molecule has 7 nitrogen and oxygen atoms in total. The zero-order valence-electron chi connectivity index (χ0n) is 9.87. The molecule has 98 valence electrons. The van der Waals surface area contributed by atoms with Crippen molar-refractivity contribution in [2.24, 2.45) is 22.4 Å². The molecule has 0 radical (unpaired) electrons. The number of rotatable bonds is 0. The van der Waals surface area contributed by atoms with Gasteiger partial charge in [-0.15, -0.1) is 5.10 Å². The number of allylic oxidation sites excluding steroid dienone is 8. The third-order valence-electron chi connectivity index (χ3n) is 1.94. The van der Waals surface area contributed by atoms with Crippen LogP contribution in [0.3, 0.4) is 0 Å². The van der Waals surface area contributed by atoms with Gasteiger partial charge in [-0.2, -0.15) is 0 Å². The molecule has 2 aliphatic carbocycles. The van der Waals surface area contributed by atoms with Gasteiger partial charge in [-0.05, 0) is 23.6 Å². The Bertz CT molecular complexity index is 451. The second kappa shape index (κ2) is 7.55. The minimum absolute atomic E-state index is 0.0926. The smallest absolute Gasteiger partial charge is 0.450 e. The van der Waals surface area contributed by atoms with Crippen LogP contribution in [0.25, 0.3) is 0 Å². The van der Waals surface area contributed by atoms with Crippen LogP contribution in [0.15, 0.2) is 52.2 Å². The maximum absolute atomic E-state index is 8.56. The summed E-state index contributed by atoms with van der Waals surface area (Å²) in [6, 6.07) is 0. The Morgan fingerprint density at radius 1 is 1.22 bits per heavy atom. The highest BCUT2D eigenvalue weighted by Gasteiger charge is 2.10. The Hall–Kier alpha value is -2.70. The molecule has 0 saturated heterocycles. The molecular weight excluding hydrogens is 236 g/mol. The van der Waals surface area contributed by atoms with Crippen LogP contribution in [0, 0.1) is 0 Å². The number of carbonyl (C=O) groups is 1. The SMILES string of the molecule is CC1=CC=C2C=CC=C12.NN=C(N)N.O=C(O)O. The Labute approximate surface area is 104 Å². The van der Waals surface area contributed by atoms with Gasteiger partial charge in [0, 0.05) is 0 Å². The van der Waals surface area contributed by atoms with Gasteiger partial charge in [0.1, 0.15) is 0 Å². The first kappa shape index (κ1) is 15.3. The normalized spacial score (nSPS) is 13.7. The van der Waals surface area contributed by atoms with Crippen molar-refractivity contribution in [3.63, 3.8) is 0 Å². The second-order valence-corrected chi connectivity index (χ2v) is 3.25. The predicted molar refractivity (Wildman–Crippen MR) is 69.7 cm³/mol. The zero-order valence-corrected chi connectivity index (χ0v) is 9.87. The summed E-state index contributed by atoms with van der Waals surface area (Å²) in [5.74, 6) is 4.42. The summed E-state index contributed by atoms with van der Waals surface area (Å²) >= 11 is 0. The lowest BCUT2D eigenvalue weighted by Gasteiger charge is -1.94. The first-order valence-corrected chi connectivity index (χ1v) is 4.87. The van der Waals surface area contributed by atoms with Crippen LogP contribution < -0.4 is 17.3 Å². The third kappa shape index (κ3) is 6.01. The number of guanidine groups is 1. The average Bonchev–Trinajstić information content (AvgIpc) is 2.84. The van der Waals surface area contributed by atoms with E-state index in [0.717, 1.165) is 0 Å². The molecule has 2 rings (SSSR count). The minimum atomic E-state index is -1.83. The van der Waals surface area contributed by atoms with Gasteiger partial charge in [0.05, 0.1) is 0 Å². The Morgan fingerprint density at radius 3 is 2.11 bits per heavy atom. The second-order valence-electron chi connectivity index (χ2n) is 3.25. The van der Waals surface area contributed by atoms with Gasteiger partial charge in [-0.1, -0.05) is 30.4 Å². The lowest BCUT2D eigenvalue weighted by atomic mass is 10.1. The molecule has 0 atom stereocenters. The van der Waals surface area contributed by atoms with Crippen molar-refractivity contribution in [1.29, 1.82) is 0 Å². The van der Waals surface area contributed by atoms with Crippen LogP contribution in [0.2, 0.25) is 0 Å². The maximum Gasteiger partial charge on any atom is 0.503 e. The minimum Gasteiger partial charge on any atom is -0.450 e. The van der Waals surface area contributed by atoms with Gasteiger partial charge in [0.25, 0.3) is 0 Å². The van der Waals surface area contributed by atoms with Gasteiger partial charge in [0.15, 0.2) is 0 Å². The fourth-order valence-corrected chi connectivity index (χ4v) is 1.24. The monoisotopic (exact) mass is 252 g/mol. The van der Waals surface area contributed by atoms with Gasteiger partial charge in [0.2, 0.25) is 5.96 Å². The van der Waals surface area contributed by atoms with Crippen LogP contribution in [-0.4, -0.2) is 22.3 Å². The van der Waals surface area contributed by atoms with Gasteiger partial charge in [-0.25, -0.2) is 4.79 Å². The number of nitrogens with zero attached hydrogens (tertiary/aromatic N) is 1. The Balaban J connectivity index is 0.000000278. The number of hydrogen-bond donors (Lipinski definition) is 5. The van der Waals surface area contributed by atoms with Crippen LogP contribution in [0.4, 0.5) is 4.79 Å². The topological polar surface area (TPSA) is 148 Å². The quantitative estimate of drug-likeness (QED) is 0.186. The summed E-state index contributed by atoms with van der Waals surface area (Å²) in [5.41, 5.74) is 13.5. The molecule has 0 unspecified atom stereocenters. The zero-order chi connectivity index (χ0) is 14.1. The molecule has 0 heterocycles. The number of nitrogens with two attached hydrogens (primary N) is 3. The molecule has 0 saturated carbocycles. The number of hydrogen-bond acceptors (Lipinski definition) is 3. The van der Waals surface area contributed by atoms with E-state index < -0.39 is 6.16 Å². The van der Waals surface area contributed by atoms with Crippen LogP contribution in [0.1, 0.15) is 6.92 Å². The first-order chi connectivity index (χ1) is 8.38. The van der Waals surface area contributed by atoms with E-state index >= 15 is 0 Å². The number of hydrazone groups is 1. The van der Waals surface area contributed by atoms with Crippen LogP contribution in [-0.2, 0) is 0 Å². The molecule has 0 aromatic rings. The Morgan fingerprint density at radius 2 is 1.72 bits per heavy atom. The van der Waals surface area contributed by atoms with Crippen molar-refractivity contribution in [3.8, 4) is 0 Å². The summed E-state index contributed by atoms with van der Waals surface area (Å²) in [6.07, 6.45) is 8.88. The molecule has 0 aromatic heterocycles. The van der Waals surface area contributed by atoms with Crippen LogP contribution >= 0.6 is 0 Å². The van der Waals surface area contributed by atoms with Crippen molar-refractivity contribution in [2.45, 2.75) is 6.92 Å². The predicted octanol–water partition coefficient (Wildman–Crippen LogP) is 0.725. The van der Waals surface area contributed by atoms with Crippen molar-refractivity contribution in [2.75, 3.05) is 0 Å². The highest BCUT2D eigenvalue weighted by Crippen LogP contribution is 2.29. The van der Waals surface area contributed by atoms with E-state index in [4.69, 9.17) is 26.5 Å². The largest absolute Gasteiger partial charge is 0.503 e. The molecule has 0 aromatic carbocycles. The first-order valence-electron chi connectivity index (χ1n) is 4.87. The molecule has 2 aliphatic rings. The number of carboxylic acid groups (broad SMARTS) is 2. The van der Waals surface area contributed by atoms with Gasteiger partial charge >= 0.3 is 6.16 Å². The number of fused-ring (bicyclic) bond motifs is 1. The lowest BCUT2D eigenvalue weighted by Crippen LogP contribution is -2.23. The molecule has 0 amide bonds. The van der Waals surface area contributed by atoms with E-state index in [-0.39, 0.29) is 5.96 Å². The fourth-order valence-electron chi connectivity index (χ4n) is 1.24. The highest BCUT2D eigenvalue weighted by molar-refractivity contribution is 5.75. The standard InChI is InChI=1S/C9H8.CH6N4.CH2O3/c1-7-5-6-8-3-2-4-9(7)8;2-1(3)5-4;2-1(3)4/h2-6H,1H3;4H2,(H4,2,3,5);(H2,2,3,4). The summed E-state index contributed by atoms with van der Waals surface area (Å²) < 4.78 is 0. The van der Waals surface area contributed by atoms with E-state index in [1.807, 2.05) is 0 Å². The third-order valence-corrected chi connectivity index (χ3v) is 1.94. The summed E-state index contributed by atoms with van der Waals surface area (Å²) in [4.78, 5) is 8.56. The van der Waals surface area contributed by atoms with Crippen LogP contribution in [0.5, 0.6) is 0 Å². The van der Waals surface area contributed by atoms with E-state index in [9.17, 15) is 0 Å². The molecule has 18 heavy (non-hydrogen) atoms. The van der Waals surface area contributed by atoms with E-state index in [0.29, 0.717) is 0 Å². The van der Waals surface area contributed by atoms with Crippen molar-refractivity contribution in [3.05, 3.63) is 47.1 Å². The van der Waals surface area contributed by atoms with Gasteiger partial charge < -0.3 is 27.5 Å². The summed E-state index contributed by atoms with van der Waals surface area (Å²) in [6.45, 7) is 2.14. The van der Waals surface area contributed by atoms with Crippen molar-refractivity contribution in [1.82, 2.24) is 0 Å². The molecule has 0 bridgehead atoms. The molecule has 7 heteroatoms. The summed E-state index contributed by atoms with van der Waals surface area (Å²) in [7, 11) is 0. The molecule has 0 fully saturated rings. The van der Waals surface area contributed by atoms with Crippen molar-refractivity contribution < 1.29 is 15.0 Å². The summed E-state index contributed by atoms with van der Waals surface area (Å²) in [5, 5.41) is 16.8. The Kier molecular flexibility index (Phi) is 6.42. The van der Waals surface area contributed by atoms with Gasteiger partial charge in [-0.3, -0.25) is 0 Å². The molecule has 0 aliphatic heterocycles. The van der Waals surface area contributed by atoms with E-state index in [1.165, 1.54) is 16.7 Å². The molecule has 0 spiro atoms. The maximum atomic E-state index is 8.56. The highest BCUT2D eigenvalue weighted by atomic mass is 16.6. The van der Waals surface area contributed by atoms with E-state index in [1.54, 1.807) is 0 Å². The fraction of sp³-hybridized carbons (Fsp3) is 0.0909. The van der Waals surface area contributed by atoms with E-state index in [2.05, 4.69) is 48.2 Å². The lowest BCUT2D eigenvalue weighted by molar-refractivity contribution is 0.137. The van der Waals surface area contributed by atoms with Crippen molar-refractivity contribution >= 4 is 12.1 Å².